The minimum atomic E-state index is -0.227. The molecule has 1 radical (unpaired) electrons. The van der Waals surface area contributed by atoms with E-state index in [1.165, 1.54) is 27.9 Å². The van der Waals surface area contributed by atoms with Crippen LogP contribution in [0.1, 0.15) is 64.0 Å². The molecule has 0 aliphatic heterocycles. The van der Waals surface area contributed by atoms with E-state index in [1.807, 2.05) is 24.4 Å². The van der Waals surface area contributed by atoms with Crippen molar-refractivity contribution in [1.29, 1.82) is 0 Å². The van der Waals surface area contributed by atoms with E-state index in [0.29, 0.717) is 18.3 Å². The van der Waals surface area contributed by atoms with Crippen molar-refractivity contribution in [2.75, 3.05) is 0 Å². The van der Waals surface area contributed by atoms with Crippen molar-refractivity contribution in [1.82, 2.24) is 9.55 Å². The Kier molecular flexibility index (Phi) is 11.1. The third-order valence-corrected chi connectivity index (χ3v) is 5.77. The Morgan fingerprint density at radius 1 is 0.886 bits per heavy atom. The van der Waals surface area contributed by atoms with E-state index in [-0.39, 0.29) is 26.2 Å². The largest absolute Gasteiger partial charge is 0.396 e. The molecule has 4 rings (SSSR count). The van der Waals surface area contributed by atoms with E-state index in [2.05, 4.69) is 105 Å². The molecule has 35 heavy (non-hydrogen) atoms. The molecular formula is C31H36IrN2O-2. The summed E-state index contributed by atoms with van der Waals surface area (Å²) in [5, 5.41) is 8.30. The van der Waals surface area contributed by atoms with E-state index in [4.69, 9.17) is 5.11 Å². The van der Waals surface area contributed by atoms with Gasteiger partial charge < -0.3 is 16.6 Å². The summed E-state index contributed by atoms with van der Waals surface area (Å²) in [4.78, 5) is 4.68. The molecule has 0 saturated carbocycles. The summed E-state index contributed by atoms with van der Waals surface area (Å²) in [6.45, 7) is 14.2. The Balaban J connectivity index is 0.000000656. The summed E-state index contributed by atoms with van der Waals surface area (Å²) in [6, 6.07) is 26.7. The van der Waals surface area contributed by atoms with Gasteiger partial charge >= 0.3 is 0 Å². The van der Waals surface area contributed by atoms with Crippen molar-refractivity contribution in [2.45, 2.75) is 59.0 Å². The molecule has 1 atom stereocenters. The summed E-state index contributed by atoms with van der Waals surface area (Å²) in [5.41, 5.74) is 7.46. The zero-order valence-electron chi connectivity index (χ0n) is 21.3. The Labute approximate surface area is 224 Å². The normalized spacial score (nSPS) is 11.6. The minimum Gasteiger partial charge on any atom is -0.396 e. The average molecular weight is 645 g/mol. The van der Waals surface area contributed by atoms with Gasteiger partial charge in [0.25, 0.3) is 0 Å². The number of rotatable bonds is 6. The molecule has 4 heteroatoms. The van der Waals surface area contributed by atoms with E-state index in [0.717, 1.165) is 11.4 Å². The predicted molar refractivity (Wildman–Crippen MR) is 143 cm³/mol. The van der Waals surface area contributed by atoms with Crippen LogP contribution in [0, 0.1) is 13.0 Å². The Morgan fingerprint density at radius 2 is 1.46 bits per heavy atom. The first kappa shape index (κ1) is 28.7. The van der Waals surface area contributed by atoms with Crippen LogP contribution in [0.25, 0.3) is 28.2 Å². The van der Waals surface area contributed by atoms with Crippen molar-refractivity contribution in [2.24, 2.45) is 0 Å². The van der Waals surface area contributed by atoms with Crippen LogP contribution in [-0.2, 0) is 20.1 Å². The van der Waals surface area contributed by atoms with Crippen LogP contribution < -0.4 is 0 Å². The fourth-order valence-corrected chi connectivity index (χ4v) is 3.85. The zero-order valence-corrected chi connectivity index (χ0v) is 23.7. The van der Waals surface area contributed by atoms with Crippen molar-refractivity contribution >= 4 is 0 Å². The smallest absolute Gasteiger partial charge is 0.0602 e. The summed E-state index contributed by atoms with van der Waals surface area (Å²) in [7, 11) is 0. The summed E-state index contributed by atoms with van der Waals surface area (Å²) < 4.78 is 2.24. The van der Waals surface area contributed by atoms with Gasteiger partial charge in [-0.25, -0.2) is 0 Å². The van der Waals surface area contributed by atoms with Gasteiger partial charge in [0, 0.05) is 44.3 Å². The van der Waals surface area contributed by atoms with Gasteiger partial charge in [-0.15, -0.1) is 35.9 Å². The third kappa shape index (κ3) is 7.24. The first-order valence-corrected chi connectivity index (χ1v) is 12.0. The van der Waals surface area contributed by atoms with Crippen molar-refractivity contribution in [3.05, 3.63) is 103 Å². The maximum absolute atomic E-state index is 8.30. The summed E-state index contributed by atoms with van der Waals surface area (Å²) >= 11 is 0. The van der Waals surface area contributed by atoms with Gasteiger partial charge in [0.2, 0.25) is 0 Å². The number of imidazole rings is 1. The second kappa shape index (κ2) is 13.5. The molecule has 1 unspecified atom stereocenters. The van der Waals surface area contributed by atoms with Crippen molar-refractivity contribution < 1.29 is 25.2 Å². The number of hydrogen-bond acceptors (Lipinski definition) is 2. The molecule has 1 N–H and O–H groups in total. The molecule has 0 saturated heterocycles. The first-order valence-electron chi connectivity index (χ1n) is 12.0. The zero-order chi connectivity index (χ0) is 24.7. The van der Waals surface area contributed by atoms with Gasteiger partial charge in [0.15, 0.2) is 0 Å². The van der Waals surface area contributed by atoms with Gasteiger partial charge in [0.1, 0.15) is 0 Å². The molecule has 0 spiro atoms. The van der Waals surface area contributed by atoms with Crippen LogP contribution in [0.4, 0.5) is 0 Å². The quantitative estimate of drug-likeness (QED) is 0.217. The summed E-state index contributed by atoms with van der Waals surface area (Å²) in [6.07, 6.45) is 4.34. The SMILES string of the molecule is CC(C)c1cc(-c2ccccc2)cc(C(C)C)c1-n1ccnc1-c1[c-]cccc1.[CH2-]CC(C)O.[Ir]. The Morgan fingerprint density at radius 3 is 1.94 bits per heavy atom. The molecule has 187 valence electrons. The molecule has 1 aromatic heterocycles. The van der Waals surface area contributed by atoms with Crippen molar-refractivity contribution in [3.8, 4) is 28.2 Å². The van der Waals surface area contributed by atoms with Crippen LogP contribution in [0.2, 0.25) is 0 Å². The van der Waals surface area contributed by atoms with Gasteiger partial charge in [-0.05, 0) is 53.1 Å². The van der Waals surface area contributed by atoms with Crippen molar-refractivity contribution in [3.63, 3.8) is 0 Å². The molecule has 4 aromatic rings. The summed E-state index contributed by atoms with van der Waals surface area (Å²) in [5.74, 6) is 1.71. The number of hydrogen-bond donors (Lipinski definition) is 1. The van der Waals surface area contributed by atoms with Gasteiger partial charge in [0.05, 0.1) is 5.82 Å². The third-order valence-electron chi connectivity index (χ3n) is 5.77. The number of nitrogens with zero attached hydrogens (tertiary/aromatic N) is 2. The second-order valence-electron chi connectivity index (χ2n) is 9.21. The average Bonchev–Trinajstić information content (AvgIpc) is 3.34. The van der Waals surface area contributed by atoms with Crippen LogP contribution in [0.15, 0.2) is 79.1 Å². The molecule has 3 nitrogen and oxygen atoms in total. The molecule has 1 heterocycles. The molecule has 0 fully saturated rings. The van der Waals surface area contributed by atoms with E-state index in [1.54, 1.807) is 6.92 Å². The first-order chi connectivity index (χ1) is 16.3. The fourth-order valence-electron chi connectivity index (χ4n) is 3.85. The molecule has 0 aliphatic carbocycles. The van der Waals surface area contributed by atoms with E-state index in [9.17, 15) is 0 Å². The number of aromatic nitrogens is 2. The Bertz CT molecular complexity index is 1140. The molecular weight excluding hydrogens is 609 g/mol. The molecule has 3 aromatic carbocycles. The van der Waals surface area contributed by atoms with Crippen LogP contribution in [0.5, 0.6) is 0 Å². The predicted octanol–water partition coefficient (Wildman–Crippen LogP) is 7.84. The van der Waals surface area contributed by atoms with Crippen LogP contribution in [-0.4, -0.2) is 20.8 Å². The maximum atomic E-state index is 8.30. The standard InChI is InChI=1S/C27H27N2.C4H9O.Ir/c1-19(2)24-17-23(21-11-7-5-8-12-21)18-25(20(3)4)26(24)29-16-15-28-27(29)22-13-9-6-10-14-22;1-3-4(2)5;/h5-13,15-20H,1-4H3;4-5H,1,3H2,2H3;/q2*-1;. The van der Waals surface area contributed by atoms with Gasteiger partial charge in [-0.2, -0.15) is 6.42 Å². The molecule has 0 bridgehead atoms. The van der Waals surface area contributed by atoms with Gasteiger partial charge in [-0.1, -0.05) is 58.0 Å². The second-order valence-corrected chi connectivity index (χ2v) is 9.21. The number of aliphatic hydroxyl groups excluding tert-OH is 1. The van der Waals surface area contributed by atoms with E-state index >= 15 is 0 Å². The molecule has 0 amide bonds. The topological polar surface area (TPSA) is 38.0 Å². The Hall–Kier alpha value is -2.52. The number of aliphatic hydroxyl groups is 1. The fraction of sp³-hybridized carbons (Fsp3) is 0.290. The maximum Gasteiger partial charge on any atom is 0.0602 e. The van der Waals surface area contributed by atoms with Gasteiger partial charge in [-0.3, -0.25) is 4.98 Å². The monoisotopic (exact) mass is 645 g/mol. The molecule has 0 aliphatic rings. The van der Waals surface area contributed by atoms with E-state index < -0.39 is 0 Å². The minimum absolute atomic E-state index is 0. The number of benzene rings is 3. The van der Waals surface area contributed by atoms with Crippen LogP contribution >= 0.6 is 0 Å². The van der Waals surface area contributed by atoms with Crippen LogP contribution in [0.3, 0.4) is 0 Å².